The van der Waals surface area contributed by atoms with Crippen molar-refractivity contribution in [3.8, 4) is 16.9 Å². The molecule has 2 aromatic carbocycles. The average molecular weight is 400 g/mol. The molecule has 1 fully saturated rings. The molecule has 0 aromatic heterocycles. The molecule has 1 aliphatic rings. The monoisotopic (exact) mass is 400 g/mol. The minimum atomic E-state index is -4.46. The fourth-order valence-corrected chi connectivity index (χ4v) is 3.28. The summed E-state index contributed by atoms with van der Waals surface area (Å²) < 4.78 is 43.7. The van der Waals surface area contributed by atoms with Crippen molar-refractivity contribution in [2.75, 3.05) is 6.61 Å². The fraction of sp³-hybridized carbons (Fsp3) is 0.368. The predicted molar refractivity (Wildman–Crippen MR) is 91.1 cm³/mol. The van der Waals surface area contributed by atoms with Gasteiger partial charge in [-0.2, -0.15) is 13.2 Å². The minimum absolute atomic E-state index is 0.0712. The Morgan fingerprint density at radius 1 is 1.04 bits per heavy atom. The van der Waals surface area contributed by atoms with Crippen LogP contribution in [0.15, 0.2) is 48.5 Å². The van der Waals surface area contributed by atoms with Crippen LogP contribution in [0.3, 0.4) is 0 Å². The third kappa shape index (κ3) is 3.47. The summed E-state index contributed by atoms with van der Waals surface area (Å²) in [5.41, 5.74) is -2.23. The van der Waals surface area contributed by atoms with Crippen molar-refractivity contribution in [3.05, 3.63) is 54.1 Å². The molecule has 5 atom stereocenters. The van der Waals surface area contributed by atoms with E-state index in [1.54, 1.807) is 0 Å². The van der Waals surface area contributed by atoms with E-state index < -0.39 is 48.4 Å². The predicted octanol–water partition coefficient (Wildman–Crippen LogP) is 1.14. The van der Waals surface area contributed by atoms with Crippen LogP contribution in [-0.4, -0.2) is 56.2 Å². The lowest BCUT2D eigenvalue weighted by Crippen LogP contribution is -2.76. The van der Waals surface area contributed by atoms with Gasteiger partial charge < -0.3 is 30.3 Å². The topological polar surface area (TPSA) is 110 Å². The van der Waals surface area contributed by atoms with Gasteiger partial charge in [-0.05, 0) is 35.4 Å². The van der Waals surface area contributed by atoms with Gasteiger partial charge >= 0.3 is 6.18 Å². The maximum absolute atomic E-state index is 12.8. The number of hydrogen-bond donors (Lipinski definition) is 5. The highest BCUT2D eigenvalue weighted by Crippen LogP contribution is 2.42. The number of alkyl halides is 3. The van der Waals surface area contributed by atoms with Crippen molar-refractivity contribution < 1.29 is 43.4 Å². The molecule has 1 aliphatic carbocycles. The summed E-state index contributed by atoms with van der Waals surface area (Å²) in [4.78, 5) is 0. The van der Waals surface area contributed by atoms with E-state index in [9.17, 15) is 38.7 Å². The van der Waals surface area contributed by atoms with E-state index in [1.807, 2.05) is 0 Å². The first kappa shape index (κ1) is 20.6. The molecule has 2 aromatic rings. The largest absolute Gasteiger partial charge is 0.462 e. The summed E-state index contributed by atoms with van der Waals surface area (Å²) in [5, 5.41) is 48.9. The fourth-order valence-electron chi connectivity index (χ4n) is 3.28. The lowest BCUT2D eigenvalue weighted by molar-refractivity contribution is -0.332. The minimum Gasteiger partial charge on any atom is -0.462 e. The van der Waals surface area contributed by atoms with Crippen LogP contribution in [0.2, 0.25) is 0 Å². The van der Waals surface area contributed by atoms with Gasteiger partial charge in [0.15, 0.2) is 5.60 Å². The Labute approximate surface area is 158 Å². The Balaban J connectivity index is 1.75. The number of aliphatic hydroxyl groups excluding tert-OH is 4. The molecule has 5 N–H and O–H groups in total. The summed E-state index contributed by atoms with van der Waals surface area (Å²) in [7, 11) is 0. The zero-order valence-corrected chi connectivity index (χ0v) is 14.4. The Kier molecular flexibility index (Phi) is 5.39. The molecule has 28 heavy (non-hydrogen) atoms. The Hall–Kier alpha value is -2.17. The number of ether oxygens (including phenoxy) is 1. The van der Waals surface area contributed by atoms with E-state index in [1.165, 1.54) is 36.4 Å². The first-order valence-corrected chi connectivity index (χ1v) is 8.40. The van der Waals surface area contributed by atoms with Crippen molar-refractivity contribution in [1.29, 1.82) is 0 Å². The summed E-state index contributed by atoms with van der Waals surface area (Å²) in [6.45, 7) is -0.677. The lowest BCUT2D eigenvalue weighted by atomic mass is 9.64. The van der Waals surface area contributed by atoms with Crippen LogP contribution in [0, 0.1) is 5.92 Å². The van der Waals surface area contributed by atoms with Crippen molar-refractivity contribution in [1.82, 2.24) is 0 Å². The summed E-state index contributed by atoms with van der Waals surface area (Å²) in [6.07, 6.45) is -9.52. The van der Waals surface area contributed by atoms with Gasteiger partial charge in [-0.25, -0.2) is 0 Å². The molecule has 0 spiro atoms. The van der Waals surface area contributed by atoms with Gasteiger partial charge in [-0.3, -0.25) is 0 Å². The second kappa shape index (κ2) is 7.34. The molecule has 0 aliphatic heterocycles. The molecular formula is C19H19F3O6. The van der Waals surface area contributed by atoms with E-state index in [0.29, 0.717) is 11.1 Å². The van der Waals surface area contributed by atoms with Crippen LogP contribution >= 0.6 is 0 Å². The van der Waals surface area contributed by atoms with Crippen LogP contribution in [0.1, 0.15) is 5.56 Å². The van der Waals surface area contributed by atoms with Gasteiger partial charge in [0.05, 0.1) is 18.3 Å². The SMILES string of the molecule is OCC1C(O)C(O)C1(O)C(O)Oc1ccc(-c2cccc(C(F)(F)F)c2)cc1. The van der Waals surface area contributed by atoms with Crippen LogP contribution in [-0.2, 0) is 6.18 Å². The van der Waals surface area contributed by atoms with Crippen LogP contribution in [0.25, 0.3) is 11.1 Å². The average Bonchev–Trinajstić information content (AvgIpc) is 2.67. The molecule has 152 valence electrons. The number of benzene rings is 2. The Morgan fingerprint density at radius 2 is 1.68 bits per heavy atom. The van der Waals surface area contributed by atoms with E-state index in [0.717, 1.165) is 12.1 Å². The zero-order chi connectivity index (χ0) is 20.7. The third-order valence-electron chi connectivity index (χ3n) is 5.02. The maximum Gasteiger partial charge on any atom is 0.416 e. The molecule has 0 bridgehead atoms. The molecule has 3 rings (SSSR count). The molecule has 6 nitrogen and oxygen atoms in total. The van der Waals surface area contributed by atoms with Crippen LogP contribution < -0.4 is 4.74 Å². The van der Waals surface area contributed by atoms with Gasteiger partial charge in [-0.15, -0.1) is 0 Å². The summed E-state index contributed by atoms with van der Waals surface area (Å²) >= 11 is 0. The smallest absolute Gasteiger partial charge is 0.416 e. The Bertz CT molecular complexity index is 825. The molecule has 0 heterocycles. The lowest BCUT2D eigenvalue weighted by Gasteiger charge is -2.53. The highest BCUT2D eigenvalue weighted by Gasteiger charge is 2.65. The van der Waals surface area contributed by atoms with Gasteiger partial charge in [0.2, 0.25) is 6.29 Å². The van der Waals surface area contributed by atoms with Gasteiger partial charge in [0.1, 0.15) is 11.9 Å². The molecular weight excluding hydrogens is 381 g/mol. The van der Waals surface area contributed by atoms with Crippen LogP contribution in [0.5, 0.6) is 5.75 Å². The number of aliphatic hydroxyl groups is 5. The Morgan fingerprint density at radius 3 is 2.25 bits per heavy atom. The first-order valence-electron chi connectivity index (χ1n) is 8.40. The summed E-state index contributed by atoms with van der Waals surface area (Å²) in [6, 6.07) is 10.5. The normalized spacial score (nSPS) is 28.5. The second-order valence-corrected chi connectivity index (χ2v) is 6.68. The quantitative estimate of drug-likeness (QED) is 0.482. The summed E-state index contributed by atoms with van der Waals surface area (Å²) in [5.74, 6) is -1.12. The van der Waals surface area contributed by atoms with E-state index >= 15 is 0 Å². The molecule has 0 saturated heterocycles. The number of hydrogen-bond acceptors (Lipinski definition) is 6. The van der Waals surface area contributed by atoms with E-state index in [2.05, 4.69) is 0 Å². The van der Waals surface area contributed by atoms with Crippen molar-refractivity contribution in [2.45, 2.75) is 30.3 Å². The number of rotatable bonds is 5. The maximum atomic E-state index is 12.8. The highest BCUT2D eigenvalue weighted by atomic mass is 19.4. The molecule has 0 radical (unpaired) electrons. The van der Waals surface area contributed by atoms with E-state index in [4.69, 9.17) is 4.74 Å². The molecule has 5 unspecified atom stereocenters. The number of halogens is 3. The van der Waals surface area contributed by atoms with Gasteiger partial charge in [-0.1, -0.05) is 24.3 Å². The molecule has 9 heteroatoms. The zero-order valence-electron chi connectivity index (χ0n) is 14.4. The second-order valence-electron chi connectivity index (χ2n) is 6.68. The van der Waals surface area contributed by atoms with Gasteiger partial charge in [0.25, 0.3) is 0 Å². The third-order valence-corrected chi connectivity index (χ3v) is 5.02. The highest BCUT2D eigenvalue weighted by molar-refractivity contribution is 5.65. The standard InChI is InChI=1S/C19H19F3O6/c20-19(21,22)12-3-1-2-11(8-12)10-4-6-13(7-5-10)28-17(26)18(27)14(9-23)15(24)16(18)25/h1-8,14-17,23-27H,9H2. The van der Waals surface area contributed by atoms with Crippen molar-refractivity contribution >= 4 is 0 Å². The van der Waals surface area contributed by atoms with Crippen LogP contribution in [0.4, 0.5) is 13.2 Å². The van der Waals surface area contributed by atoms with E-state index in [-0.39, 0.29) is 5.75 Å². The first-order chi connectivity index (χ1) is 13.1. The molecule has 0 amide bonds. The van der Waals surface area contributed by atoms with Crippen molar-refractivity contribution in [2.24, 2.45) is 5.92 Å². The molecule has 1 saturated carbocycles. The van der Waals surface area contributed by atoms with Gasteiger partial charge in [0, 0.05) is 5.92 Å². The van der Waals surface area contributed by atoms with Crippen molar-refractivity contribution in [3.63, 3.8) is 0 Å².